The van der Waals surface area contributed by atoms with Crippen LogP contribution < -0.4 is 83.6 Å². The molecule has 14 nitrogen and oxygen atoms in total. The van der Waals surface area contributed by atoms with E-state index in [1.54, 1.807) is 0 Å². The number of hydrogen-bond acceptors (Lipinski definition) is 13. The number of anilines is 2. The van der Waals surface area contributed by atoms with Gasteiger partial charge in [-0.1, -0.05) is 24.3 Å². The number of likely N-dealkylation sites (N-methyl/N-ethyl adjacent to an activating group) is 2. The summed E-state index contributed by atoms with van der Waals surface area (Å²) in [4.78, 5) is 43.2. The zero-order valence-corrected chi connectivity index (χ0v) is 31.2. The van der Waals surface area contributed by atoms with Crippen LogP contribution >= 0.6 is 0 Å². The van der Waals surface area contributed by atoms with Crippen molar-refractivity contribution in [2.24, 2.45) is 0 Å². The summed E-state index contributed by atoms with van der Waals surface area (Å²) in [5, 5.41) is 8.43. The molecule has 4 aliphatic heterocycles. The Morgan fingerprint density at radius 2 is 1.09 bits per heavy atom. The monoisotopic (exact) mass is 668 g/mol. The first-order valence-corrected chi connectivity index (χ1v) is 15.4. The van der Waals surface area contributed by atoms with Crippen LogP contribution in [0.4, 0.5) is 11.4 Å². The largest absolute Gasteiger partial charge is 1.00 e. The molecule has 4 heterocycles. The summed E-state index contributed by atoms with van der Waals surface area (Å²) >= 11 is 0. The third-order valence-corrected chi connectivity index (χ3v) is 6.98. The molecule has 0 bridgehead atoms. The summed E-state index contributed by atoms with van der Waals surface area (Å²) < 4.78 is 36.5. The third-order valence-electron chi connectivity index (χ3n) is 6.98. The van der Waals surface area contributed by atoms with Crippen molar-refractivity contribution in [3.63, 3.8) is 0 Å². The molecule has 17 heteroatoms. The predicted molar refractivity (Wildman–Crippen MR) is 157 cm³/mol. The van der Waals surface area contributed by atoms with Crippen molar-refractivity contribution in [3.8, 4) is 11.5 Å². The SMILES string of the molecule is CN1CCN(c2cccc3c2OC(=O)C3)CC1.CN1CCN(c2cccc3c2OC(=O)C3)CC1.CS(=O)(=O)O.O=CO[O-].[H-].[Na+].[Na+]. The van der Waals surface area contributed by atoms with Crippen LogP contribution in [0.5, 0.6) is 11.5 Å². The predicted octanol–water partition coefficient (Wildman–Crippen LogP) is -6.14. The van der Waals surface area contributed by atoms with Gasteiger partial charge in [0.25, 0.3) is 16.6 Å². The molecular formula is C28H38N4Na2O10S. The van der Waals surface area contributed by atoms with Gasteiger partial charge in [0.15, 0.2) is 11.5 Å². The van der Waals surface area contributed by atoms with Crippen LogP contribution in [0.2, 0.25) is 0 Å². The molecule has 0 saturated carbocycles. The normalized spacial score (nSPS) is 17.1. The fourth-order valence-electron chi connectivity index (χ4n) is 4.86. The standard InChI is InChI=1S/2C13H16N2O2.CH4O3S.CH2O3.2Na.H/c2*1-14-5-7-15(8-6-14)11-4-2-3-10-9-12(16)17-13(10)11;1-5(2,3)4;2-1-4-3;;;/h2*2-4H,5-9H2,1H3;1H3,(H,2,3,4);1,3H;;;/q;;;;2*+1;-1/p-1. The fourth-order valence-corrected chi connectivity index (χ4v) is 4.86. The van der Waals surface area contributed by atoms with Crippen LogP contribution in [0.3, 0.4) is 0 Å². The van der Waals surface area contributed by atoms with Crippen molar-refractivity contribution < 1.29 is 108 Å². The van der Waals surface area contributed by atoms with E-state index in [4.69, 9.17) is 24.1 Å². The third kappa shape index (κ3) is 13.5. The number of benzene rings is 2. The molecular weight excluding hydrogens is 630 g/mol. The summed E-state index contributed by atoms with van der Waals surface area (Å²) in [6.45, 7) is 7.99. The van der Waals surface area contributed by atoms with E-state index in [-0.39, 0.29) is 79.0 Å². The van der Waals surface area contributed by atoms with Crippen LogP contribution in [-0.4, -0.2) is 114 Å². The molecule has 45 heavy (non-hydrogen) atoms. The number of carbonyl (C=O) groups is 3. The van der Waals surface area contributed by atoms with Gasteiger partial charge in [0.1, 0.15) is 0 Å². The van der Waals surface area contributed by atoms with Crippen molar-refractivity contribution in [2.45, 2.75) is 12.8 Å². The fraction of sp³-hybridized carbons (Fsp3) is 0.464. The van der Waals surface area contributed by atoms with Crippen molar-refractivity contribution in [1.29, 1.82) is 0 Å². The molecule has 0 radical (unpaired) electrons. The summed E-state index contributed by atoms with van der Waals surface area (Å²) in [6.07, 6.45) is 1.54. The van der Waals surface area contributed by atoms with Gasteiger partial charge in [0.05, 0.1) is 30.5 Å². The first-order chi connectivity index (χ1) is 20.4. The number of carbonyl (C=O) groups excluding carboxylic acids is 3. The molecule has 2 saturated heterocycles. The number of piperazine rings is 2. The van der Waals surface area contributed by atoms with Gasteiger partial charge in [0, 0.05) is 63.5 Å². The summed E-state index contributed by atoms with van der Waals surface area (Å²) in [5.74, 6) is 1.28. The minimum absolute atomic E-state index is 0. The second-order valence-electron chi connectivity index (χ2n) is 10.3. The maximum absolute atomic E-state index is 11.3. The second kappa shape index (κ2) is 19.8. The van der Waals surface area contributed by atoms with Crippen molar-refractivity contribution >= 4 is 39.9 Å². The van der Waals surface area contributed by atoms with Crippen LogP contribution in [0.25, 0.3) is 0 Å². The number of ether oxygens (including phenoxy) is 2. The van der Waals surface area contributed by atoms with Crippen LogP contribution in [-0.2, 0) is 42.2 Å². The number of esters is 2. The molecule has 2 aromatic rings. The number of para-hydroxylation sites is 2. The Labute approximate surface area is 309 Å². The van der Waals surface area contributed by atoms with Crippen molar-refractivity contribution in [1.82, 2.24) is 9.80 Å². The average Bonchev–Trinajstić information content (AvgIpc) is 3.54. The molecule has 2 fully saturated rings. The second-order valence-corrected chi connectivity index (χ2v) is 11.8. The van der Waals surface area contributed by atoms with Crippen molar-refractivity contribution in [3.05, 3.63) is 47.5 Å². The van der Waals surface area contributed by atoms with E-state index in [1.165, 1.54) is 0 Å². The Morgan fingerprint density at radius 1 is 0.778 bits per heavy atom. The number of rotatable bonds is 3. The molecule has 1 N–H and O–H groups in total. The summed E-state index contributed by atoms with van der Waals surface area (Å²) in [6, 6.07) is 12.0. The summed E-state index contributed by atoms with van der Waals surface area (Å²) in [5.41, 5.74) is 4.18. The van der Waals surface area contributed by atoms with E-state index in [0.717, 1.165) is 86.4 Å². The minimum Gasteiger partial charge on any atom is -1.00 e. The van der Waals surface area contributed by atoms with Gasteiger partial charge in [-0.3, -0.25) is 18.9 Å². The molecule has 0 unspecified atom stereocenters. The van der Waals surface area contributed by atoms with Gasteiger partial charge < -0.3 is 40.6 Å². The number of fused-ring (bicyclic) bond motifs is 2. The van der Waals surface area contributed by atoms with E-state index in [9.17, 15) is 18.0 Å². The molecule has 238 valence electrons. The van der Waals surface area contributed by atoms with Crippen LogP contribution in [0.1, 0.15) is 12.6 Å². The Hall–Kier alpha value is -1.76. The maximum Gasteiger partial charge on any atom is 1.00 e. The topological polar surface area (TPSA) is 169 Å². The number of nitrogens with zero attached hydrogens (tertiary/aromatic N) is 4. The van der Waals surface area contributed by atoms with E-state index in [1.807, 2.05) is 36.4 Å². The molecule has 2 aromatic carbocycles. The summed E-state index contributed by atoms with van der Waals surface area (Å²) in [7, 11) is 0.597. The minimum atomic E-state index is -3.67. The molecule has 0 atom stereocenters. The molecule has 0 spiro atoms. The van der Waals surface area contributed by atoms with Gasteiger partial charge >= 0.3 is 71.1 Å². The molecule has 0 aromatic heterocycles. The van der Waals surface area contributed by atoms with E-state index in [0.29, 0.717) is 19.1 Å². The van der Waals surface area contributed by atoms with E-state index < -0.39 is 10.1 Å². The molecule has 6 rings (SSSR count). The van der Waals surface area contributed by atoms with Crippen LogP contribution in [0, 0.1) is 0 Å². The zero-order valence-electron chi connectivity index (χ0n) is 27.4. The molecule has 4 aliphatic rings. The Bertz CT molecular complexity index is 1300. The first kappa shape index (κ1) is 41.3. The Kier molecular flexibility index (Phi) is 18.2. The smallest absolute Gasteiger partial charge is 1.00 e. The Balaban J connectivity index is 0.000000666. The van der Waals surface area contributed by atoms with Gasteiger partial charge in [-0.15, -0.1) is 0 Å². The van der Waals surface area contributed by atoms with E-state index in [2.05, 4.69) is 38.6 Å². The van der Waals surface area contributed by atoms with Gasteiger partial charge in [-0.25, -0.2) is 0 Å². The quantitative estimate of drug-likeness (QED) is 0.0624. The van der Waals surface area contributed by atoms with Gasteiger partial charge in [-0.05, 0) is 26.2 Å². The van der Waals surface area contributed by atoms with Gasteiger partial charge in [0.2, 0.25) is 0 Å². The molecule has 0 aliphatic carbocycles. The number of hydrogen-bond donors (Lipinski definition) is 1. The van der Waals surface area contributed by atoms with Crippen molar-refractivity contribution in [2.75, 3.05) is 82.5 Å². The van der Waals surface area contributed by atoms with Crippen LogP contribution in [0.15, 0.2) is 36.4 Å². The maximum atomic E-state index is 11.3. The Morgan fingerprint density at radius 3 is 1.38 bits per heavy atom. The zero-order chi connectivity index (χ0) is 31.6. The average molecular weight is 669 g/mol. The first-order valence-electron chi connectivity index (χ1n) is 13.6. The van der Waals surface area contributed by atoms with E-state index >= 15 is 0 Å². The molecule has 0 amide bonds. The van der Waals surface area contributed by atoms with Gasteiger partial charge in [-0.2, -0.15) is 8.42 Å².